The van der Waals surface area contributed by atoms with Gasteiger partial charge in [-0.2, -0.15) is 0 Å². The van der Waals surface area contributed by atoms with Crippen LogP contribution >= 0.6 is 11.3 Å². The fraction of sp³-hybridized carbons (Fsp3) is 0.250. The topological polar surface area (TPSA) is 81.4 Å². The van der Waals surface area contributed by atoms with Crippen LogP contribution in [-0.4, -0.2) is 27.7 Å². The third-order valence-electron chi connectivity index (χ3n) is 2.55. The Hall–Kier alpha value is -2.15. The minimum absolute atomic E-state index is 0.125. The number of aryl methyl sites for hydroxylation is 1. The summed E-state index contributed by atoms with van der Waals surface area (Å²) in [6.07, 6.45) is 0. The molecule has 0 saturated heterocycles. The molecule has 0 saturated carbocycles. The van der Waals surface area contributed by atoms with Crippen LogP contribution in [0.3, 0.4) is 0 Å². The molecule has 0 unspecified atom stereocenters. The zero-order chi connectivity index (χ0) is 14.0. The Bertz CT molecular complexity index is 675. The number of hydrogen-bond donors (Lipinski definition) is 1. The van der Waals surface area contributed by atoms with Gasteiger partial charge in [0.25, 0.3) is 11.6 Å². The van der Waals surface area contributed by atoms with E-state index >= 15 is 0 Å². The van der Waals surface area contributed by atoms with Gasteiger partial charge in [0.15, 0.2) is 0 Å². The molecule has 2 rings (SSSR count). The Morgan fingerprint density at radius 3 is 2.95 bits per heavy atom. The maximum absolute atomic E-state index is 11.9. The molecule has 7 heteroatoms. The van der Waals surface area contributed by atoms with Crippen molar-refractivity contribution in [3.63, 3.8) is 0 Å². The molecule has 0 fully saturated rings. The lowest BCUT2D eigenvalue weighted by Gasteiger charge is -2.10. The fourth-order valence-electron chi connectivity index (χ4n) is 1.71. The Morgan fingerprint density at radius 1 is 1.58 bits per heavy atom. The lowest BCUT2D eigenvalue weighted by Crippen LogP contribution is -2.23. The number of carbonyl (C=O) groups is 1. The molecule has 0 amide bonds. The van der Waals surface area contributed by atoms with E-state index in [1.807, 2.05) is 0 Å². The van der Waals surface area contributed by atoms with E-state index in [9.17, 15) is 9.59 Å². The summed E-state index contributed by atoms with van der Waals surface area (Å²) in [6, 6.07) is 3.24. The van der Waals surface area contributed by atoms with Gasteiger partial charge in [0.1, 0.15) is 4.88 Å². The first-order valence-electron chi connectivity index (χ1n) is 5.45. The van der Waals surface area contributed by atoms with Crippen LogP contribution < -0.4 is 10.3 Å². The van der Waals surface area contributed by atoms with E-state index < -0.39 is 5.97 Å². The number of ether oxygens (including phenoxy) is 1. The molecule has 0 aliphatic rings. The molecular formula is C12H12N2O4S. The molecule has 0 aliphatic heterocycles. The minimum atomic E-state index is -1.00. The molecule has 6 nitrogen and oxygen atoms in total. The van der Waals surface area contributed by atoms with Gasteiger partial charge in [-0.25, -0.2) is 9.78 Å². The summed E-state index contributed by atoms with van der Waals surface area (Å²) in [4.78, 5) is 27.3. The van der Waals surface area contributed by atoms with Crippen molar-refractivity contribution in [2.75, 3.05) is 7.11 Å². The maximum Gasteiger partial charge on any atom is 0.346 e. The fourth-order valence-corrected chi connectivity index (χ4v) is 2.47. The molecule has 0 radical (unpaired) electrons. The molecule has 2 heterocycles. The van der Waals surface area contributed by atoms with Gasteiger partial charge in [-0.05, 0) is 23.9 Å². The normalized spacial score (nSPS) is 10.4. The molecule has 0 bridgehead atoms. The van der Waals surface area contributed by atoms with E-state index in [-0.39, 0.29) is 23.0 Å². The van der Waals surface area contributed by atoms with E-state index in [0.29, 0.717) is 11.3 Å². The lowest BCUT2D eigenvalue weighted by atomic mass is 10.2. The van der Waals surface area contributed by atoms with Crippen molar-refractivity contribution in [3.05, 3.63) is 44.0 Å². The highest BCUT2D eigenvalue weighted by Gasteiger charge is 2.15. The summed E-state index contributed by atoms with van der Waals surface area (Å²) in [7, 11) is 1.42. The van der Waals surface area contributed by atoms with Crippen molar-refractivity contribution in [3.8, 4) is 6.01 Å². The number of rotatable bonds is 4. The Balaban J connectivity index is 2.46. The number of aromatic nitrogens is 2. The average molecular weight is 280 g/mol. The van der Waals surface area contributed by atoms with Crippen LogP contribution in [-0.2, 0) is 6.54 Å². The van der Waals surface area contributed by atoms with Gasteiger partial charge >= 0.3 is 5.97 Å². The van der Waals surface area contributed by atoms with Crippen LogP contribution in [0.25, 0.3) is 0 Å². The third kappa shape index (κ3) is 2.65. The molecule has 0 atom stereocenters. The van der Waals surface area contributed by atoms with Gasteiger partial charge in [-0.15, -0.1) is 11.3 Å². The molecule has 2 aromatic rings. The number of nitrogens with zero attached hydrogens (tertiary/aromatic N) is 2. The third-order valence-corrected chi connectivity index (χ3v) is 3.50. The van der Waals surface area contributed by atoms with Gasteiger partial charge in [-0.1, -0.05) is 0 Å². The van der Waals surface area contributed by atoms with Crippen LogP contribution in [0.15, 0.2) is 22.3 Å². The van der Waals surface area contributed by atoms with Crippen molar-refractivity contribution in [2.24, 2.45) is 0 Å². The van der Waals surface area contributed by atoms with E-state index in [1.54, 1.807) is 18.4 Å². The maximum atomic E-state index is 11.9. The number of hydrogen-bond acceptors (Lipinski definition) is 5. The van der Waals surface area contributed by atoms with Crippen molar-refractivity contribution < 1.29 is 14.6 Å². The summed E-state index contributed by atoms with van der Waals surface area (Å²) in [5.41, 5.74) is 0.845. The van der Waals surface area contributed by atoms with Gasteiger partial charge in [0.2, 0.25) is 0 Å². The number of thiophene rings is 1. The van der Waals surface area contributed by atoms with Gasteiger partial charge in [-0.3, -0.25) is 9.36 Å². The first kappa shape index (κ1) is 13.3. The van der Waals surface area contributed by atoms with Crippen LogP contribution in [0.5, 0.6) is 6.01 Å². The van der Waals surface area contributed by atoms with Crippen molar-refractivity contribution in [2.45, 2.75) is 13.5 Å². The summed E-state index contributed by atoms with van der Waals surface area (Å²) >= 11 is 1.12. The second-order valence-corrected chi connectivity index (χ2v) is 4.80. The van der Waals surface area contributed by atoms with E-state index in [2.05, 4.69) is 4.98 Å². The first-order valence-corrected chi connectivity index (χ1v) is 6.33. The molecule has 2 aromatic heterocycles. The van der Waals surface area contributed by atoms with Gasteiger partial charge in [0.05, 0.1) is 13.7 Å². The summed E-state index contributed by atoms with van der Waals surface area (Å²) in [5.74, 6) is -1.00. The second kappa shape index (κ2) is 5.23. The first-order chi connectivity index (χ1) is 9.02. The molecule has 1 N–H and O–H groups in total. The van der Waals surface area contributed by atoms with Crippen LogP contribution in [0.1, 0.15) is 20.9 Å². The van der Waals surface area contributed by atoms with Crippen molar-refractivity contribution in [1.29, 1.82) is 0 Å². The average Bonchev–Trinajstić information content (AvgIpc) is 2.80. The lowest BCUT2D eigenvalue weighted by molar-refractivity contribution is 0.0701. The SMILES string of the molecule is COc1nc(C)cc(=O)n1Cc1ccsc1C(=O)O. The molecule has 19 heavy (non-hydrogen) atoms. The van der Waals surface area contributed by atoms with Crippen LogP contribution in [0.2, 0.25) is 0 Å². The van der Waals surface area contributed by atoms with E-state index in [0.717, 1.165) is 11.3 Å². The molecular weight excluding hydrogens is 268 g/mol. The van der Waals surface area contributed by atoms with Gasteiger partial charge in [0, 0.05) is 11.8 Å². The Morgan fingerprint density at radius 2 is 2.32 bits per heavy atom. The number of aromatic carboxylic acids is 1. The van der Waals surface area contributed by atoms with E-state index in [4.69, 9.17) is 9.84 Å². The number of carboxylic acid groups (broad SMARTS) is 1. The molecule has 0 aromatic carbocycles. The standard InChI is InChI=1S/C12H12N2O4S/c1-7-5-9(15)14(12(13-7)18-2)6-8-3-4-19-10(8)11(16)17/h3-5H,6H2,1-2H3,(H,16,17). The predicted octanol–water partition coefficient (Wildman–Crippen LogP) is 1.37. The second-order valence-electron chi connectivity index (χ2n) is 3.89. The zero-order valence-electron chi connectivity index (χ0n) is 10.4. The van der Waals surface area contributed by atoms with Crippen molar-refractivity contribution >= 4 is 17.3 Å². The Labute approximate surface area is 112 Å². The highest BCUT2D eigenvalue weighted by molar-refractivity contribution is 7.12. The monoisotopic (exact) mass is 280 g/mol. The minimum Gasteiger partial charge on any atom is -0.477 e. The largest absolute Gasteiger partial charge is 0.477 e. The van der Waals surface area contributed by atoms with Crippen LogP contribution in [0.4, 0.5) is 0 Å². The predicted molar refractivity (Wildman–Crippen MR) is 70.2 cm³/mol. The van der Waals surface area contributed by atoms with Crippen molar-refractivity contribution in [1.82, 2.24) is 9.55 Å². The van der Waals surface area contributed by atoms with Gasteiger partial charge < -0.3 is 9.84 Å². The number of methoxy groups -OCH3 is 1. The Kier molecular flexibility index (Phi) is 3.66. The summed E-state index contributed by atoms with van der Waals surface area (Å²) < 4.78 is 6.37. The number of carboxylic acids is 1. The molecule has 0 aliphatic carbocycles. The highest BCUT2D eigenvalue weighted by Crippen LogP contribution is 2.19. The highest BCUT2D eigenvalue weighted by atomic mass is 32.1. The molecule has 100 valence electrons. The van der Waals surface area contributed by atoms with Crippen LogP contribution in [0, 0.1) is 6.92 Å². The zero-order valence-corrected chi connectivity index (χ0v) is 11.2. The smallest absolute Gasteiger partial charge is 0.346 e. The summed E-state index contributed by atoms with van der Waals surface area (Å²) in [6.45, 7) is 1.82. The summed E-state index contributed by atoms with van der Waals surface area (Å²) in [5, 5.41) is 10.7. The molecule has 0 spiro atoms. The van der Waals surface area contributed by atoms with E-state index in [1.165, 1.54) is 17.7 Å². The quantitative estimate of drug-likeness (QED) is 0.914.